The second-order valence-electron chi connectivity index (χ2n) is 3.74. The van der Waals surface area contributed by atoms with E-state index in [0.29, 0.717) is 15.6 Å². The molecule has 0 aliphatic carbocycles. The monoisotopic (exact) mass is 422 g/mol. The molecule has 0 unspecified atom stereocenters. The summed E-state index contributed by atoms with van der Waals surface area (Å²) in [6.07, 6.45) is 0. The Morgan fingerprint density at radius 2 is 2.20 bits per heavy atom. The van der Waals surface area contributed by atoms with Gasteiger partial charge in [-0.2, -0.15) is 0 Å². The van der Waals surface area contributed by atoms with Crippen molar-refractivity contribution in [2.75, 3.05) is 0 Å². The molecule has 0 spiro atoms. The van der Waals surface area contributed by atoms with Crippen LogP contribution in [-0.4, -0.2) is 22.0 Å². The van der Waals surface area contributed by atoms with Gasteiger partial charge in [-0.05, 0) is 40.8 Å². The molecule has 0 aliphatic heterocycles. The molecule has 1 amide bonds. The quantitative estimate of drug-likeness (QED) is 0.743. The summed E-state index contributed by atoms with van der Waals surface area (Å²) in [4.78, 5) is 26.5. The topological polar surface area (TPSA) is 79.3 Å². The zero-order valence-electron chi connectivity index (χ0n) is 9.89. The summed E-state index contributed by atoms with van der Waals surface area (Å²) >= 11 is 9.21. The first-order valence-electron chi connectivity index (χ1n) is 5.38. The molecule has 0 saturated carbocycles. The van der Waals surface area contributed by atoms with Crippen LogP contribution in [0, 0.1) is 3.57 Å². The van der Waals surface area contributed by atoms with Gasteiger partial charge in [-0.15, -0.1) is 11.3 Å². The molecule has 8 heteroatoms. The van der Waals surface area contributed by atoms with Crippen molar-refractivity contribution < 1.29 is 14.7 Å². The highest BCUT2D eigenvalue weighted by Crippen LogP contribution is 2.19. The number of hydrogen-bond acceptors (Lipinski definition) is 4. The predicted octanol–water partition coefficient (Wildman–Crippen LogP) is 3.03. The van der Waals surface area contributed by atoms with Gasteiger partial charge in [0.15, 0.2) is 5.69 Å². The highest BCUT2D eigenvalue weighted by Gasteiger charge is 2.11. The third-order valence-electron chi connectivity index (χ3n) is 2.35. The maximum atomic E-state index is 11.9. The number of amides is 1. The number of nitrogens with one attached hydrogen (secondary N) is 1. The molecule has 0 atom stereocenters. The minimum Gasteiger partial charge on any atom is -0.476 e. The average Bonchev–Trinajstić information content (AvgIpc) is 2.88. The van der Waals surface area contributed by atoms with Gasteiger partial charge in [0, 0.05) is 14.5 Å². The molecular weight excluding hydrogens is 415 g/mol. The smallest absolute Gasteiger partial charge is 0.355 e. The van der Waals surface area contributed by atoms with Crippen LogP contribution in [0.5, 0.6) is 0 Å². The van der Waals surface area contributed by atoms with Crippen LogP contribution in [-0.2, 0) is 6.54 Å². The highest BCUT2D eigenvalue weighted by molar-refractivity contribution is 14.1. The number of nitrogens with zero attached hydrogens (tertiary/aromatic N) is 1. The number of aromatic carboxylic acids is 1. The number of carbonyl (C=O) groups excluding carboxylic acids is 1. The average molecular weight is 423 g/mol. The summed E-state index contributed by atoms with van der Waals surface area (Å²) in [5, 5.41) is 13.9. The van der Waals surface area contributed by atoms with Gasteiger partial charge in [0.25, 0.3) is 5.91 Å². The van der Waals surface area contributed by atoms with Crippen molar-refractivity contribution in [3.63, 3.8) is 0 Å². The fraction of sp³-hybridized carbons (Fsp3) is 0.0833. The van der Waals surface area contributed by atoms with E-state index in [4.69, 9.17) is 16.7 Å². The van der Waals surface area contributed by atoms with Gasteiger partial charge in [-0.3, -0.25) is 4.79 Å². The van der Waals surface area contributed by atoms with Crippen molar-refractivity contribution in [3.05, 3.63) is 48.4 Å². The Morgan fingerprint density at radius 1 is 1.45 bits per heavy atom. The van der Waals surface area contributed by atoms with Crippen molar-refractivity contribution in [1.29, 1.82) is 0 Å². The summed E-state index contributed by atoms with van der Waals surface area (Å²) in [6, 6.07) is 5.01. The van der Waals surface area contributed by atoms with Crippen LogP contribution in [0.15, 0.2) is 23.6 Å². The van der Waals surface area contributed by atoms with Gasteiger partial charge in [0.1, 0.15) is 5.01 Å². The molecule has 104 valence electrons. The summed E-state index contributed by atoms with van der Waals surface area (Å²) in [7, 11) is 0. The van der Waals surface area contributed by atoms with Crippen LogP contribution in [0.3, 0.4) is 0 Å². The normalized spacial score (nSPS) is 10.3. The van der Waals surface area contributed by atoms with Crippen molar-refractivity contribution in [3.8, 4) is 0 Å². The second-order valence-corrected chi connectivity index (χ2v) is 6.26. The molecule has 5 nitrogen and oxygen atoms in total. The Hall–Kier alpha value is -1.19. The molecule has 2 rings (SSSR count). The SMILES string of the molecule is O=C(NCc1nc(C(=O)O)cs1)c1ccc(I)c(Cl)c1. The number of carbonyl (C=O) groups is 2. The van der Waals surface area contributed by atoms with Crippen molar-refractivity contribution >= 4 is 57.4 Å². The maximum Gasteiger partial charge on any atom is 0.355 e. The molecule has 0 radical (unpaired) electrons. The molecule has 0 fully saturated rings. The van der Waals surface area contributed by atoms with E-state index in [-0.39, 0.29) is 18.1 Å². The Kier molecular flexibility index (Phi) is 4.95. The summed E-state index contributed by atoms with van der Waals surface area (Å²) in [5.74, 6) is -1.36. The van der Waals surface area contributed by atoms with E-state index in [2.05, 4.69) is 32.9 Å². The molecule has 0 bridgehead atoms. The van der Waals surface area contributed by atoms with Crippen molar-refractivity contribution in [2.24, 2.45) is 0 Å². The fourth-order valence-corrected chi connectivity index (χ4v) is 2.61. The minimum absolute atomic E-state index is 0.0171. The van der Waals surface area contributed by atoms with Gasteiger partial charge in [-0.25, -0.2) is 9.78 Å². The zero-order valence-corrected chi connectivity index (χ0v) is 13.6. The third kappa shape index (κ3) is 3.68. The predicted molar refractivity (Wildman–Crippen MR) is 84.4 cm³/mol. The Bertz CT molecular complexity index is 674. The van der Waals surface area contributed by atoms with E-state index in [1.54, 1.807) is 18.2 Å². The first-order valence-corrected chi connectivity index (χ1v) is 7.72. The first-order chi connectivity index (χ1) is 9.47. The Balaban J connectivity index is 2.00. The summed E-state index contributed by atoms with van der Waals surface area (Å²) < 4.78 is 0.867. The Morgan fingerprint density at radius 3 is 2.80 bits per heavy atom. The van der Waals surface area contributed by atoms with Gasteiger partial charge < -0.3 is 10.4 Å². The van der Waals surface area contributed by atoms with Crippen LogP contribution in [0.1, 0.15) is 25.9 Å². The number of halogens is 2. The third-order valence-corrected chi connectivity index (χ3v) is 4.77. The summed E-state index contributed by atoms with van der Waals surface area (Å²) in [6.45, 7) is 0.181. The lowest BCUT2D eigenvalue weighted by atomic mass is 10.2. The molecule has 2 N–H and O–H groups in total. The van der Waals surface area contributed by atoms with E-state index < -0.39 is 5.97 Å². The molecule has 0 saturated heterocycles. The van der Waals surface area contributed by atoms with E-state index in [1.165, 1.54) is 16.7 Å². The molecule has 20 heavy (non-hydrogen) atoms. The number of aromatic nitrogens is 1. The first kappa shape index (κ1) is 15.2. The molecule has 1 aromatic heterocycles. The standard InChI is InChI=1S/C12H8ClIN2O3S/c13-7-3-6(1-2-8(7)14)11(17)15-4-10-16-9(5-20-10)12(18)19/h1-3,5H,4H2,(H,15,17)(H,18,19). The lowest BCUT2D eigenvalue weighted by molar-refractivity contribution is 0.0691. The highest BCUT2D eigenvalue weighted by atomic mass is 127. The molecule has 1 aromatic carbocycles. The maximum absolute atomic E-state index is 11.9. The minimum atomic E-state index is -1.08. The number of carboxylic acids is 1. The van der Waals surface area contributed by atoms with E-state index in [9.17, 15) is 9.59 Å². The largest absolute Gasteiger partial charge is 0.476 e. The van der Waals surface area contributed by atoms with Crippen LogP contribution in [0.25, 0.3) is 0 Å². The number of benzene rings is 1. The zero-order chi connectivity index (χ0) is 14.7. The van der Waals surface area contributed by atoms with E-state index in [1.807, 2.05) is 0 Å². The number of carboxylic acid groups (broad SMARTS) is 1. The number of hydrogen-bond donors (Lipinski definition) is 2. The number of rotatable bonds is 4. The molecule has 2 aromatic rings. The van der Waals surface area contributed by atoms with Crippen molar-refractivity contribution in [1.82, 2.24) is 10.3 Å². The van der Waals surface area contributed by atoms with Gasteiger partial charge in [-0.1, -0.05) is 11.6 Å². The molecule has 0 aliphatic rings. The van der Waals surface area contributed by atoms with Crippen LogP contribution >= 0.6 is 45.5 Å². The number of thiazole rings is 1. The molecule has 1 heterocycles. The van der Waals surface area contributed by atoms with Crippen molar-refractivity contribution in [2.45, 2.75) is 6.54 Å². The van der Waals surface area contributed by atoms with Gasteiger partial charge >= 0.3 is 5.97 Å². The lowest BCUT2D eigenvalue weighted by Gasteiger charge is -2.04. The second kappa shape index (κ2) is 6.51. The van der Waals surface area contributed by atoms with Gasteiger partial charge in [0.05, 0.1) is 11.6 Å². The van der Waals surface area contributed by atoms with Crippen LogP contribution in [0.4, 0.5) is 0 Å². The summed E-state index contributed by atoms with van der Waals surface area (Å²) in [5.41, 5.74) is 0.432. The van der Waals surface area contributed by atoms with E-state index >= 15 is 0 Å². The fourth-order valence-electron chi connectivity index (χ4n) is 1.39. The molecular formula is C12H8ClIN2O3S. The van der Waals surface area contributed by atoms with Crippen LogP contribution in [0.2, 0.25) is 5.02 Å². The van der Waals surface area contributed by atoms with Crippen LogP contribution < -0.4 is 5.32 Å². The lowest BCUT2D eigenvalue weighted by Crippen LogP contribution is -2.22. The van der Waals surface area contributed by atoms with E-state index in [0.717, 1.165) is 3.57 Å². The Labute approximate surface area is 137 Å². The van der Waals surface area contributed by atoms with Gasteiger partial charge in [0.2, 0.25) is 0 Å².